The highest BCUT2D eigenvalue weighted by Crippen LogP contribution is 2.31. The Morgan fingerprint density at radius 1 is 1.14 bits per heavy atom. The predicted molar refractivity (Wildman–Crippen MR) is 74.9 cm³/mol. The minimum Gasteiger partial charge on any atom is -0.305 e. The monoisotopic (exact) mass is 330 g/mol. The number of benzene rings is 1. The van der Waals surface area contributed by atoms with E-state index < -0.39 is 17.8 Å². The van der Waals surface area contributed by atoms with Gasteiger partial charge in [0.2, 0.25) is 0 Å². The van der Waals surface area contributed by atoms with E-state index in [-0.39, 0.29) is 10.8 Å². The average Bonchev–Trinajstić information content (AvgIpc) is 2.81. The Morgan fingerprint density at radius 3 is 2.52 bits per heavy atom. The molecule has 3 aromatic rings. The third-order valence-electron chi connectivity index (χ3n) is 2.87. The van der Waals surface area contributed by atoms with Gasteiger partial charge in [-0.05, 0) is 12.1 Å². The van der Waals surface area contributed by atoms with Crippen molar-refractivity contribution in [2.75, 3.05) is 0 Å². The molecule has 2 N–H and O–H groups in total. The molecule has 0 saturated heterocycles. The van der Waals surface area contributed by atoms with Crippen molar-refractivity contribution in [3.05, 3.63) is 44.7 Å². The van der Waals surface area contributed by atoms with Crippen molar-refractivity contribution in [2.24, 2.45) is 0 Å². The van der Waals surface area contributed by atoms with E-state index in [0.29, 0.717) is 21.6 Å². The fourth-order valence-electron chi connectivity index (χ4n) is 1.95. The summed E-state index contributed by atoms with van der Waals surface area (Å²) >= 11 is 11.7. The molecule has 21 heavy (non-hydrogen) atoms. The molecule has 0 aliphatic carbocycles. The summed E-state index contributed by atoms with van der Waals surface area (Å²) < 4.78 is 25.2. The van der Waals surface area contributed by atoms with Crippen LogP contribution < -0.4 is 5.69 Å². The van der Waals surface area contributed by atoms with E-state index in [1.165, 1.54) is 6.20 Å². The highest BCUT2D eigenvalue weighted by atomic mass is 35.5. The lowest BCUT2D eigenvalue weighted by molar-refractivity contribution is 0.146. The predicted octanol–water partition coefficient (Wildman–Crippen LogP) is 3.56. The Bertz CT molecular complexity index is 891. The molecular formula is C12H6Cl2F2N4O. The van der Waals surface area contributed by atoms with Crippen LogP contribution >= 0.6 is 23.2 Å². The van der Waals surface area contributed by atoms with Gasteiger partial charge in [-0.1, -0.05) is 23.2 Å². The molecular weight excluding hydrogens is 325 g/mol. The van der Waals surface area contributed by atoms with E-state index in [2.05, 4.69) is 19.9 Å². The average molecular weight is 331 g/mol. The number of hydrogen-bond acceptors (Lipinski definition) is 3. The van der Waals surface area contributed by atoms with E-state index in [4.69, 9.17) is 23.2 Å². The molecule has 108 valence electrons. The molecule has 2 aromatic heterocycles. The summed E-state index contributed by atoms with van der Waals surface area (Å²) in [7, 11) is 0. The zero-order valence-corrected chi connectivity index (χ0v) is 11.6. The first-order chi connectivity index (χ1) is 9.97. The minimum absolute atomic E-state index is 0.251. The summed E-state index contributed by atoms with van der Waals surface area (Å²) in [5.41, 5.74) is 0.498. The largest absolute Gasteiger partial charge is 0.323 e. The van der Waals surface area contributed by atoms with Crippen LogP contribution in [0.1, 0.15) is 12.1 Å². The second-order valence-corrected chi connectivity index (χ2v) is 4.92. The van der Waals surface area contributed by atoms with Gasteiger partial charge in [0.05, 0.1) is 27.9 Å². The summed E-state index contributed by atoms with van der Waals surface area (Å²) in [4.78, 5) is 24.0. The van der Waals surface area contributed by atoms with Crippen LogP contribution in [0.25, 0.3) is 22.3 Å². The lowest BCUT2D eigenvalue weighted by Crippen LogP contribution is -2.00. The molecule has 0 aliphatic rings. The van der Waals surface area contributed by atoms with Gasteiger partial charge >= 0.3 is 5.69 Å². The van der Waals surface area contributed by atoms with Crippen LogP contribution in [0.15, 0.2) is 23.1 Å². The second-order valence-electron chi connectivity index (χ2n) is 4.16. The Balaban J connectivity index is 2.23. The molecule has 1 aromatic carbocycles. The number of nitrogens with zero attached hydrogens (tertiary/aromatic N) is 2. The molecule has 0 radical (unpaired) electrons. The van der Waals surface area contributed by atoms with Gasteiger partial charge in [-0.3, -0.25) is 0 Å². The van der Waals surface area contributed by atoms with Crippen molar-refractivity contribution < 1.29 is 8.78 Å². The standard InChI is InChI=1S/C12H6Cl2F2N4O/c13-5-2-1-4(7-8(5)20-12(21)19-7)6-3-17-9(11(15)16)10(14)18-6/h1-3,11H,(H2,19,20,21). The van der Waals surface area contributed by atoms with Gasteiger partial charge in [-0.15, -0.1) is 0 Å². The third-order valence-corrected chi connectivity index (χ3v) is 3.46. The van der Waals surface area contributed by atoms with Crippen molar-refractivity contribution in [2.45, 2.75) is 6.43 Å². The van der Waals surface area contributed by atoms with Crippen LogP contribution in [0.5, 0.6) is 0 Å². The molecule has 0 unspecified atom stereocenters. The zero-order valence-electron chi connectivity index (χ0n) is 10.1. The third kappa shape index (κ3) is 2.38. The van der Waals surface area contributed by atoms with Gasteiger partial charge in [0.25, 0.3) is 6.43 Å². The summed E-state index contributed by atoms with van der Waals surface area (Å²) in [6.07, 6.45) is -1.64. The number of hydrogen-bond donors (Lipinski definition) is 2. The number of rotatable bonds is 2. The van der Waals surface area contributed by atoms with E-state index >= 15 is 0 Å². The highest BCUT2D eigenvalue weighted by Gasteiger charge is 2.17. The van der Waals surface area contributed by atoms with Gasteiger partial charge in [0.1, 0.15) is 5.69 Å². The first kappa shape index (κ1) is 14.0. The summed E-state index contributed by atoms with van der Waals surface area (Å²) in [6.45, 7) is 0. The van der Waals surface area contributed by atoms with Crippen molar-refractivity contribution in [3.8, 4) is 11.3 Å². The number of alkyl halides is 2. The van der Waals surface area contributed by atoms with Gasteiger partial charge < -0.3 is 9.97 Å². The first-order valence-corrected chi connectivity index (χ1v) is 6.44. The summed E-state index contributed by atoms with van der Waals surface area (Å²) in [6, 6.07) is 3.15. The van der Waals surface area contributed by atoms with Gasteiger partial charge in [0.15, 0.2) is 5.15 Å². The molecule has 2 heterocycles. The van der Waals surface area contributed by atoms with Crippen LogP contribution in [0.2, 0.25) is 10.2 Å². The maximum Gasteiger partial charge on any atom is 0.323 e. The molecule has 0 amide bonds. The topological polar surface area (TPSA) is 74.4 Å². The Kier molecular flexibility index (Phi) is 3.38. The Hall–Kier alpha value is -1.99. The number of H-pyrrole nitrogens is 2. The quantitative estimate of drug-likeness (QED) is 0.754. The molecule has 0 atom stereocenters. The molecule has 0 fully saturated rings. The minimum atomic E-state index is -2.81. The Morgan fingerprint density at radius 2 is 1.86 bits per heavy atom. The first-order valence-electron chi connectivity index (χ1n) is 5.69. The van der Waals surface area contributed by atoms with Crippen molar-refractivity contribution in [1.29, 1.82) is 0 Å². The van der Waals surface area contributed by atoms with Crippen LogP contribution in [-0.2, 0) is 0 Å². The van der Waals surface area contributed by atoms with E-state index in [1.54, 1.807) is 12.1 Å². The maximum absolute atomic E-state index is 12.6. The van der Waals surface area contributed by atoms with Crippen molar-refractivity contribution in [3.63, 3.8) is 0 Å². The van der Waals surface area contributed by atoms with Crippen molar-refractivity contribution >= 4 is 34.2 Å². The Labute approximate surface area is 126 Å². The summed E-state index contributed by atoms with van der Waals surface area (Å²) in [5.74, 6) is 0. The number of imidazole rings is 1. The van der Waals surface area contributed by atoms with Crippen molar-refractivity contribution in [1.82, 2.24) is 19.9 Å². The molecule has 0 saturated carbocycles. The van der Waals surface area contributed by atoms with Gasteiger partial charge in [-0.25, -0.2) is 23.5 Å². The van der Waals surface area contributed by atoms with E-state index in [1.807, 2.05) is 0 Å². The van der Waals surface area contributed by atoms with E-state index in [0.717, 1.165) is 0 Å². The molecule has 5 nitrogen and oxygen atoms in total. The number of fused-ring (bicyclic) bond motifs is 1. The molecule has 0 spiro atoms. The number of aromatic amines is 2. The van der Waals surface area contributed by atoms with Crippen LogP contribution in [0.3, 0.4) is 0 Å². The second kappa shape index (κ2) is 5.09. The summed E-state index contributed by atoms with van der Waals surface area (Å²) in [5, 5.41) is -0.0427. The number of aromatic nitrogens is 4. The molecule has 3 rings (SSSR count). The zero-order chi connectivity index (χ0) is 15.1. The van der Waals surface area contributed by atoms with Crippen LogP contribution in [0, 0.1) is 0 Å². The number of halogens is 4. The normalized spacial score (nSPS) is 11.5. The van der Waals surface area contributed by atoms with Crippen LogP contribution in [-0.4, -0.2) is 19.9 Å². The van der Waals surface area contributed by atoms with E-state index in [9.17, 15) is 13.6 Å². The van der Waals surface area contributed by atoms with Gasteiger partial charge in [0, 0.05) is 5.56 Å². The van der Waals surface area contributed by atoms with Gasteiger partial charge in [-0.2, -0.15) is 0 Å². The molecule has 0 aliphatic heterocycles. The lowest BCUT2D eigenvalue weighted by Gasteiger charge is -2.06. The smallest absolute Gasteiger partial charge is 0.305 e. The maximum atomic E-state index is 12.6. The highest BCUT2D eigenvalue weighted by molar-refractivity contribution is 6.35. The SMILES string of the molecule is O=c1[nH]c2c(Cl)ccc(-c3cnc(C(F)F)c(Cl)n3)c2[nH]1. The molecule has 0 bridgehead atoms. The van der Waals surface area contributed by atoms with Crippen LogP contribution in [0.4, 0.5) is 8.78 Å². The fraction of sp³-hybridized carbons (Fsp3) is 0.0833. The fourth-order valence-corrected chi connectivity index (χ4v) is 2.38. The molecule has 9 heteroatoms. The number of nitrogens with one attached hydrogen (secondary N) is 2. The lowest BCUT2D eigenvalue weighted by atomic mass is 10.1.